The van der Waals surface area contributed by atoms with Crippen LogP contribution in [0, 0.1) is 5.41 Å². The molecule has 0 bridgehead atoms. The number of hydrogen-bond donors (Lipinski definition) is 1. The molecule has 29 heavy (non-hydrogen) atoms. The number of carbonyl (C=O) groups is 2. The highest BCUT2D eigenvalue weighted by molar-refractivity contribution is 7.99. The Morgan fingerprint density at radius 3 is 2.79 bits per heavy atom. The molecule has 1 aliphatic carbocycles. The summed E-state index contributed by atoms with van der Waals surface area (Å²) in [5.41, 5.74) is 3.55. The largest absolute Gasteiger partial charge is 0.461 e. The normalized spacial score (nSPS) is 21.0. The Balaban J connectivity index is 2.03. The van der Waals surface area contributed by atoms with E-state index in [1.54, 1.807) is 17.8 Å². The van der Waals surface area contributed by atoms with Gasteiger partial charge in [0.05, 0.1) is 5.57 Å². The van der Waals surface area contributed by atoms with Gasteiger partial charge in [-0.2, -0.15) is 11.8 Å². The minimum atomic E-state index is -0.458. The molecular formula is C23H28ClNO3S. The molecule has 1 aliphatic heterocycles. The second-order valence-corrected chi connectivity index (χ2v) is 10.1. The lowest BCUT2D eigenvalue weighted by Gasteiger charge is -2.39. The molecule has 1 heterocycles. The van der Waals surface area contributed by atoms with Gasteiger partial charge < -0.3 is 10.1 Å². The number of carbonyl (C=O) groups excluding carboxylic acids is 2. The molecule has 0 saturated carbocycles. The Bertz CT molecular complexity index is 888. The summed E-state index contributed by atoms with van der Waals surface area (Å²) in [6.45, 7) is 8.50. The van der Waals surface area contributed by atoms with E-state index in [0.29, 0.717) is 29.2 Å². The van der Waals surface area contributed by atoms with Gasteiger partial charge in [0.25, 0.3) is 0 Å². The fourth-order valence-electron chi connectivity index (χ4n) is 4.14. The summed E-state index contributed by atoms with van der Waals surface area (Å²) in [7, 11) is 0. The predicted octanol–water partition coefficient (Wildman–Crippen LogP) is 5.24. The molecule has 0 spiro atoms. The van der Waals surface area contributed by atoms with Crippen molar-refractivity contribution in [3.05, 3.63) is 57.4 Å². The van der Waals surface area contributed by atoms with Crippen molar-refractivity contribution in [2.24, 2.45) is 5.41 Å². The molecule has 1 aromatic carbocycles. The summed E-state index contributed by atoms with van der Waals surface area (Å²) in [6.07, 6.45) is 1.22. The molecule has 0 saturated heterocycles. The average Bonchev–Trinajstić information content (AvgIpc) is 2.63. The summed E-state index contributed by atoms with van der Waals surface area (Å²) in [6, 6.07) is 7.41. The van der Waals surface area contributed by atoms with Crippen LogP contribution in [0.4, 0.5) is 0 Å². The van der Waals surface area contributed by atoms with E-state index in [-0.39, 0.29) is 17.2 Å². The first-order valence-electron chi connectivity index (χ1n) is 9.98. The highest BCUT2D eigenvalue weighted by atomic mass is 35.5. The van der Waals surface area contributed by atoms with E-state index in [4.69, 9.17) is 16.3 Å². The van der Waals surface area contributed by atoms with Crippen molar-refractivity contribution in [2.45, 2.75) is 46.5 Å². The third-order valence-corrected chi connectivity index (χ3v) is 6.41. The van der Waals surface area contributed by atoms with Gasteiger partial charge in [-0.25, -0.2) is 4.79 Å². The summed E-state index contributed by atoms with van der Waals surface area (Å²) in [4.78, 5) is 26.2. The van der Waals surface area contributed by atoms with Crippen molar-refractivity contribution in [3.8, 4) is 0 Å². The summed E-state index contributed by atoms with van der Waals surface area (Å²) in [5, 5.41) is 3.93. The quantitative estimate of drug-likeness (QED) is 0.491. The van der Waals surface area contributed by atoms with Crippen molar-refractivity contribution in [3.63, 3.8) is 0 Å². The van der Waals surface area contributed by atoms with Gasteiger partial charge in [0.2, 0.25) is 0 Å². The lowest BCUT2D eigenvalue weighted by molar-refractivity contribution is -0.138. The Kier molecular flexibility index (Phi) is 6.79. The van der Waals surface area contributed by atoms with Crippen LogP contribution in [0.5, 0.6) is 0 Å². The summed E-state index contributed by atoms with van der Waals surface area (Å²) >= 11 is 7.98. The van der Waals surface area contributed by atoms with Crippen LogP contribution in [0.1, 0.15) is 52.0 Å². The number of nitrogens with one attached hydrogen (secondary N) is 1. The van der Waals surface area contributed by atoms with Gasteiger partial charge in [-0.05, 0) is 42.2 Å². The zero-order valence-electron chi connectivity index (χ0n) is 17.4. The number of dihydropyridines is 1. The van der Waals surface area contributed by atoms with Crippen LogP contribution in [-0.2, 0) is 14.3 Å². The smallest absolute Gasteiger partial charge is 0.336 e. The van der Waals surface area contributed by atoms with E-state index in [1.807, 2.05) is 25.1 Å². The SMILES string of the molecule is CCSCCOC(=O)C1=C(C)NC2=C(C(=O)CC(C)(C)C2)C1c1cccc(Cl)c1. The number of rotatable bonds is 6. The number of esters is 1. The van der Waals surface area contributed by atoms with Crippen molar-refractivity contribution < 1.29 is 14.3 Å². The Morgan fingerprint density at radius 1 is 1.34 bits per heavy atom. The first kappa shape index (κ1) is 22.0. The molecule has 1 atom stereocenters. The first-order valence-corrected chi connectivity index (χ1v) is 11.5. The van der Waals surface area contributed by atoms with Crippen molar-refractivity contribution in [1.82, 2.24) is 5.32 Å². The Labute approximate surface area is 182 Å². The van der Waals surface area contributed by atoms with Crippen LogP contribution in [0.15, 0.2) is 46.8 Å². The van der Waals surface area contributed by atoms with Gasteiger partial charge in [0.15, 0.2) is 5.78 Å². The second kappa shape index (κ2) is 8.97. The van der Waals surface area contributed by atoms with Crippen LogP contribution in [-0.4, -0.2) is 29.9 Å². The Hall–Kier alpha value is -1.72. The zero-order chi connectivity index (χ0) is 21.2. The summed E-state index contributed by atoms with van der Waals surface area (Å²) in [5.74, 6) is 0.978. The molecular weight excluding hydrogens is 406 g/mol. The van der Waals surface area contributed by atoms with Crippen LogP contribution in [0.2, 0.25) is 5.02 Å². The molecule has 0 aromatic heterocycles. The Morgan fingerprint density at radius 2 is 2.10 bits per heavy atom. The standard InChI is InChI=1S/C23H28ClNO3S/c1-5-29-10-9-28-22(27)19-14(2)25-17-12-23(3,4)13-18(26)21(17)20(19)15-7-6-8-16(24)11-15/h6-8,11,20,25H,5,9-10,12-13H2,1-4H3. The number of hydrogen-bond acceptors (Lipinski definition) is 5. The highest BCUT2D eigenvalue weighted by Gasteiger charge is 2.43. The molecule has 6 heteroatoms. The molecule has 156 valence electrons. The summed E-state index contributed by atoms with van der Waals surface area (Å²) < 4.78 is 5.57. The maximum absolute atomic E-state index is 13.2. The monoisotopic (exact) mass is 433 g/mol. The number of ketones is 1. The lowest BCUT2D eigenvalue weighted by Crippen LogP contribution is -2.38. The number of allylic oxidation sites excluding steroid dienone is 3. The highest BCUT2D eigenvalue weighted by Crippen LogP contribution is 2.47. The van der Waals surface area contributed by atoms with Crippen LogP contribution >= 0.6 is 23.4 Å². The molecule has 0 amide bonds. The van der Waals surface area contributed by atoms with Crippen LogP contribution in [0.25, 0.3) is 0 Å². The molecule has 0 fully saturated rings. The van der Waals surface area contributed by atoms with Gasteiger partial charge in [0, 0.05) is 40.1 Å². The first-order chi connectivity index (χ1) is 13.7. The van der Waals surface area contributed by atoms with Crippen molar-refractivity contribution in [1.29, 1.82) is 0 Å². The molecule has 0 radical (unpaired) electrons. The van der Waals surface area contributed by atoms with E-state index in [2.05, 4.69) is 26.1 Å². The lowest BCUT2D eigenvalue weighted by atomic mass is 9.68. The maximum Gasteiger partial charge on any atom is 0.336 e. The van der Waals surface area contributed by atoms with E-state index < -0.39 is 5.92 Å². The van der Waals surface area contributed by atoms with Crippen LogP contribution in [0.3, 0.4) is 0 Å². The molecule has 4 nitrogen and oxygen atoms in total. The maximum atomic E-state index is 13.2. The van der Waals surface area contributed by atoms with Crippen LogP contribution < -0.4 is 5.32 Å². The molecule has 3 rings (SSSR count). The molecule has 2 aliphatic rings. The van der Waals surface area contributed by atoms with E-state index in [0.717, 1.165) is 34.9 Å². The molecule has 1 N–H and O–H groups in total. The third-order valence-electron chi connectivity index (χ3n) is 5.31. The fraction of sp³-hybridized carbons (Fsp3) is 0.478. The van der Waals surface area contributed by atoms with Crippen molar-refractivity contribution >= 4 is 35.1 Å². The number of ether oxygens (including phenoxy) is 1. The zero-order valence-corrected chi connectivity index (χ0v) is 19.0. The van der Waals surface area contributed by atoms with Gasteiger partial charge in [-0.1, -0.05) is 44.5 Å². The molecule has 1 unspecified atom stereocenters. The van der Waals surface area contributed by atoms with E-state index in [1.165, 1.54) is 0 Å². The van der Waals surface area contributed by atoms with Gasteiger partial charge in [0.1, 0.15) is 6.61 Å². The van der Waals surface area contributed by atoms with Crippen molar-refractivity contribution in [2.75, 3.05) is 18.1 Å². The number of Topliss-reactive ketones (excluding diaryl/α,β-unsaturated/α-hetero) is 1. The number of thioether (sulfide) groups is 1. The second-order valence-electron chi connectivity index (χ2n) is 8.32. The number of benzene rings is 1. The topological polar surface area (TPSA) is 55.4 Å². The van der Waals surface area contributed by atoms with E-state index in [9.17, 15) is 9.59 Å². The number of halogens is 1. The molecule has 1 aromatic rings. The third kappa shape index (κ3) is 4.89. The minimum Gasteiger partial charge on any atom is -0.461 e. The average molecular weight is 434 g/mol. The van der Waals surface area contributed by atoms with Gasteiger partial charge in [-0.15, -0.1) is 0 Å². The fourth-order valence-corrected chi connectivity index (χ4v) is 4.83. The minimum absolute atomic E-state index is 0.0769. The predicted molar refractivity (Wildman–Crippen MR) is 119 cm³/mol. The van der Waals surface area contributed by atoms with E-state index >= 15 is 0 Å². The van der Waals surface area contributed by atoms with Gasteiger partial charge in [-0.3, -0.25) is 4.79 Å². The van der Waals surface area contributed by atoms with Gasteiger partial charge >= 0.3 is 5.97 Å².